The van der Waals surface area contributed by atoms with Gasteiger partial charge in [0.25, 0.3) is 0 Å². The molecule has 0 spiro atoms. The number of hydrogen-bond donors (Lipinski definition) is 1. The topological polar surface area (TPSA) is 49.4 Å². The molecule has 1 aliphatic rings. The summed E-state index contributed by atoms with van der Waals surface area (Å²) in [7, 11) is 0. The molecule has 0 saturated heterocycles. The first-order chi connectivity index (χ1) is 14.0. The second-order valence-electron chi connectivity index (χ2n) is 6.92. The van der Waals surface area contributed by atoms with Crippen LogP contribution in [0.2, 0.25) is 5.02 Å². The number of carbonyl (C=O) groups excluding carboxylic acids is 2. The summed E-state index contributed by atoms with van der Waals surface area (Å²) in [6.45, 7) is -0.111. The van der Waals surface area contributed by atoms with Crippen LogP contribution in [0.25, 0.3) is 0 Å². The lowest BCUT2D eigenvalue weighted by atomic mass is 9.95. The molecule has 4 rings (SSSR count). The van der Waals surface area contributed by atoms with Gasteiger partial charge in [0.05, 0.1) is 12.5 Å². The first-order valence-electron chi connectivity index (χ1n) is 9.19. The van der Waals surface area contributed by atoms with E-state index < -0.39 is 6.04 Å². The monoisotopic (exact) mass is 408 g/mol. The highest BCUT2D eigenvalue weighted by Gasteiger charge is 2.33. The maximum Gasteiger partial charge on any atom is 0.244 e. The molecule has 6 heteroatoms. The van der Waals surface area contributed by atoms with E-state index in [0.29, 0.717) is 21.8 Å². The molecule has 4 nitrogen and oxygen atoms in total. The Labute approximate surface area is 172 Å². The van der Waals surface area contributed by atoms with Crippen LogP contribution in [0.1, 0.15) is 22.7 Å². The summed E-state index contributed by atoms with van der Waals surface area (Å²) in [6, 6.07) is 19.9. The SMILES string of the molecule is O=C1CN(C(=O)Cc2ccccc2)C(c2ccc(F)cc2)c2cc(Cl)ccc2N1. The number of amides is 2. The second-order valence-corrected chi connectivity index (χ2v) is 7.35. The van der Waals surface area contributed by atoms with Crippen LogP contribution in [-0.4, -0.2) is 23.3 Å². The van der Waals surface area contributed by atoms with E-state index in [4.69, 9.17) is 11.6 Å². The molecule has 1 atom stereocenters. The van der Waals surface area contributed by atoms with Crippen molar-refractivity contribution >= 4 is 29.1 Å². The lowest BCUT2D eigenvalue weighted by Crippen LogP contribution is -2.39. The second kappa shape index (κ2) is 8.05. The summed E-state index contributed by atoms with van der Waals surface area (Å²) in [6.07, 6.45) is 0.154. The van der Waals surface area contributed by atoms with Gasteiger partial charge in [-0.15, -0.1) is 0 Å². The summed E-state index contributed by atoms with van der Waals surface area (Å²) in [5.74, 6) is -0.863. The number of nitrogens with one attached hydrogen (secondary N) is 1. The Balaban J connectivity index is 1.81. The normalized spacial score (nSPS) is 16.0. The van der Waals surface area contributed by atoms with Crippen LogP contribution >= 0.6 is 11.6 Å². The standard InChI is InChI=1S/C23H18ClFN2O2/c24-17-8-11-20-19(13-17)23(16-6-9-18(25)10-7-16)27(14-21(28)26-20)22(29)12-15-4-2-1-3-5-15/h1-11,13,23H,12,14H2,(H,26,28). The maximum absolute atomic E-state index is 13.5. The fourth-order valence-corrected chi connectivity index (χ4v) is 3.77. The van der Waals surface area contributed by atoms with Crippen molar-refractivity contribution in [3.05, 3.63) is 100 Å². The zero-order valence-corrected chi connectivity index (χ0v) is 16.2. The molecular formula is C23H18ClFN2O2. The quantitative estimate of drug-likeness (QED) is 0.689. The molecule has 3 aromatic rings. The van der Waals surface area contributed by atoms with E-state index in [9.17, 15) is 14.0 Å². The Bertz CT molecular complexity index is 1050. The number of halogens is 2. The van der Waals surface area contributed by atoms with Gasteiger partial charge in [-0.1, -0.05) is 54.1 Å². The molecule has 0 bridgehead atoms. The molecule has 1 unspecified atom stereocenters. The average Bonchev–Trinajstić information content (AvgIpc) is 2.85. The van der Waals surface area contributed by atoms with Gasteiger partial charge in [-0.2, -0.15) is 0 Å². The summed E-state index contributed by atoms with van der Waals surface area (Å²) in [5, 5.41) is 3.33. The molecule has 0 saturated carbocycles. The minimum absolute atomic E-state index is 0.111. The third-order valence-electron chi connectivity index (χ3n) is 4.91. The van der Waals surface area contributed by atoms with Gasteiger partial charge in [0.1, 0.15) is 12.4 Å². The van der Waals surface area contributed by atoms with Crippen molar-refractivity contribution in [3.63, 3.8) is 0 Å². The molecule has 0 aromatic heterocycles. The van der Waals surface area contributed by atoms with Crippen molar-refractivity contribution < 1.29 is 14.0 Å². The van der Waals surface area contributed by atoms with E-state index in [2.05, 4.69) is 5.32 Å². The Morgan fingerprint density at radius 2 is 1.79 bits per heavy atom. The molecule has 0 fully saturated rings. The molecule has 0 aliphatic carbocycles. The molecule has 2 amide bonds. The van der Waals surface area contributed by atoms with Crippen molar-refractivity contribution in [1.82, 2.24) is 4.90 Å². The van der Waals surface area contributed by atoms with Gasteiger partial charge >= 0.3 is 0 Å². The molecule has 1 N–H and O–H groups in total. The number of fused-ring (bicyclic) bond motifs is 1. The summed E-state index contributed by atoms with van der Waals surface area (Å²) >= 11 is 6.23. The number of nitrogens with zero attached hydrogens (tertiary/aromatic N) is 1. The smallest absolute Gasteiger partial charge is 0.244 e. The molecular weight excluding hydrogens is 391 g/mol. The van der Waals surface area contributed by atoms with Crippen molar-refractivity contribution in [2.75, 3.05) is 11.9 Å². The van der Waals surface area contributed by atoms with Gasteiger partial charge in [-0.3, -0.25) is 9.59 Å². The van der Waals surface area contributed by atoms with Crippen LogP contribution in [0.15, 0.2) is 72.8 Å². The number of rotatable bonds is 3. The highest BCUT2D eigenvalue weighted by atomic mass is 35.5. The third kappa shape index (κ3) is 4.15. The highest BCUT2D eigenvalue weighted by molar-refractivity contribution is 6.30. The first-order valence-corrected chi connectivity index (χ1v) is 9.57. The summed E-state index contributed by atoms with van der Waals surface area (Å²) < 4.78 is 13.5. The van der Waals surface area contributed by atoms with Crippen molar-refractivity contribution in [1.29, 1.82) is 0 Å². The molecule has 0 radical (unpaired) electrons. The zero-order chi connectivity index (χ0) is 20.4. The minimum Gasteiger partial charge on any atom is -0.324 e. The molecule has 1 heterocycles. The predicted octanol–water partition coefficient (Wildman–Crippen LogP) is 4.59. The fourth-order valence-electron chi connectivity index (χ4n) is 3.59. The Morgan fingerprint density at radius 1 is 1.07 bits per heavy atom. The van der Waals surface area contributed by atoms with Crippen LogP contribution in [0.5, 0.6) is 0 Å². The Morgan fingerprint density at radius 3 is 2.52 bits per heavy atom. The van der Waals surface area contributed by atoms with Crippen molar-refractivity contribution in [3.8, 4) is 0 Å². The highest BCUT2D eigenvalue weighted by Crippen LogP contribution is 2.37. The number of hydrogen-bond acceptors (Lipinski definition) is 2. The van der Waals surface area contributed by atoms with E-state index in [0.717, 1.165) is 5.56 Å². The van der Waals surface area contributed by atoms with Crippen molar-refractivity contribution in [2.24, 2.45) is 0 Å². The van der Waals surface area contributed by atoms with Gasteiger partial charge in [-0.05, 0) is 41.5 Å². The van der Waals surface area contributed by atoms with E-state index in [1.54, 1.807) is 30.3 Å². The predicted molar refractivity (Wildman–Crippen MR) is 110 cm³/mol. The lowest BCUT2D eigenvalue weighted by Gasteiger charge is -2.31. The number of benzene rings is 3. The summed E-state index contributed by atoms with van der Waals surface area (Å²) in [4.78, 5) is 27.3. The Hall–Kier alpha value is -3.18. The molecule has 3 aromatic carbocycles. The van der Waals surface area contributed by atoms with Crippen LogP contribution in [-0.2, 0) is 16.0 Å². The zero-order valence-electron chi connectivity index (χ0n) is 15.4. The van der Waals surface area contributed by atoms with E-state index in [1.165, 1.54) is 17.0 Å². The van der Waals surface area contributed by atoms with Crippen LogP contribution in [0, 0.1) is 5.82 Å². The van der Waals surface area contributed by atoms with Crippen LogP contribution in [0.3, 0.4) is 0 Å². The van der Waals surface area contributed by atoms with Crippen LogP contribution in [0.4, 0.5) is 10.1 Å². The minimum atomic E-state index is -0.570. The van der Waals surface area contributed by atoms with E-state index in [1.807, 2.05) is 30.3 Å². The maximum atomic E-state index is 13.5. The van der Waals surface area contributed by atoms with Gasteiger partial charge in [0.2, 0.25) is 11.8 Å². The summed E-state index contributed by atoms with van der Waals surface area (Å²) in [5.41, 5.74) is 2.83. The Kier molecular flexibility index (Phi) is 5.32. The molecule has 1 aliphatic heterocycles. The van der Waals surface area contributed by atoms with Gasteiger partial charge in [-0.25, -0.2) is 4.39 Å². The largest absolute Gasteiger partial charge is 0.324 e. The van der Waals surface area contributed by atoms with E-state index in [-0.39, 0.29) is 30.6 Å². The van der Waals surface area contributed by atoms with Gasteiger partial charge in [0.15, 0.2) is 0 Å². The third-order valence-corrected chi connectivity index (χ3v) is 5.15. The lowest BCUT2D eigenvalue weighted by molar-refractivity contribution is -0.135. The van der Waals surface area contributed by atoms with Gasteiger partial charge in [0, 0.05) is 16.3 Å². The van der Waals surface area contributed by atoms with Crippen molar-refractivity contribution in [2.45, 2.75) is 12.5 Å². The molecule has 29 heavy (non-hydrogen) atoms. The number of anilines is 1. The van der Waals surface area contributed by atoms with E-state index >= 15 is 0 Å². The molecule has 146 valence electrons. The van der Waals surface area contributed by atoms with Crippen LogP contribution < -0.4 is 5.32 Å². The number of carbonyl (C=O) groups is 2. The fraction of sp³-hybridized carbons (Fsp3) is 0.130. The average molecular weight is 409 g/mol. The first kappa shape index (κ1) is 19.2. The van der Waals surface area contributed by atoms with Gasteiger partial charge < -0.3 is 10.2 Å².